The van der Waals surface area contributed by atoms with Crippen molar-refractivity contribution in [3.05, 3.63) is 0 Å². The number of nitrogens with two attached hydrogens (primary N) is 1. The van der Waals surface area contributed by atoms with Crippen LogP contribution in [0.5, 0.6) is 0 Å². The van der Waals surface area contributed by atoms with Gasteiger partial charge in [-0.3, -0.25) is 4.79 Å². The summed E-state index contributed by atoms with van der Waals surface area (Å²) in [5.74, 6) is 0.125. The van der Waals surface area contributed by atoms with Gasteiger partial charge in [0.15, 0.2) is 0 Å². The minimum Gasteiger partial charge on any atom is -0.444 e. The van der Waals surface area contributed by atoms with Gasteiger partial charge in [0, 0.05) is 6.54 Å². The number of carbonyl (C=O) groups is 2. The lowest BCUT2D eigenvalue weighted by molar-refractivity contribution is -0.123. The van der Waals surface area contributed by atoms with Gasteiger partial charge in [-0.25, -0.2) is 4.79 Å². The number of amides is 2. The molecule has 0 rings (SSSR count). The number of alkyl carbamates (subject to hydrolysis) is 1. The van der Waals surface area contributed by atoms with Crippen LogP contribution in [0.15, 0.2) is 0 Å². The summed E-state index contributed by atoms with van der Waals surface area (Å²) in [7, 11) is 0. The van der Waals surface area contributed by atoms with Gasteiger partial charge in [-0.15, -0.1) is 0 Å². The number of hydrogen-bond donors (Lipinski definition) is 5. The highest BCUT2D eigenvalue weighted by Crippen LogP contribution is 2.09. The molecule has 2 amide bonds. The summed E-state index contributed by atoms with van der Waals surface area (Å²) < 4.78 is 5.27. The number of rotatable bonds is 16. The first-order valence-electron chi connectivity index (χ1n) is 11.0. The summed E-state index contributed by atoms with van der Waals surface area (Å²) in [6, 6.07) is -0.579. The smallest absolute Gasteiger partial charge is 0.408 e. The van der Waals surface area contributed by atoms with E-state index in [0.717, 1.165) is 58.4 Å². The zero-order chi connectivity index (χ0) is 22.1. The average Bonchev–Trinajstić information content (AvgIpc) is 2.60. The second kappa shape index (κ2) is 16.4. The van der Waals surface area contributed by atoms with E-state index in [1.54, 1.807) is 20.8 Å². The highest BCUT2D eigenvalue weighted by atomic mass is 16.6. The zero-order valence-electron chi connectivity index (χ0n) is 19.2. The Hall–Kier alpha value is -1.38. The number of unbranched alkanes of at least 4 members (excludes halogenated alkanes) is 1. The van der Waals surface area contributed by atoms with Crippen LogP contribution < -0.4 is 27.0 Å². The molecule has 0 saturated carbocycles. The fourth-order valence-electron chi connectivity index (χ4n) is 2.68. The van der Waals surface area contributed by atoms with Gasteiger partial charge in [0.25, 0.3) is 0 Å². The van der Waals surface area contributed by atoms with Crippen LogP contribution >= 0.6 is 0 Å². The molecule has 0 radical (unpaired) electrons. The molecule has 0 aromatic heterocycles. The fourth-order valence-corrected chi connectivity index (χ4v) is 2.68. The van der Waals surface area contributed by atoms with Crippen LogP contribution in [0.2, 0.25) is 0 Å². The molecule has 0 heterocycles. The Morgan fingerprint density at radius 1 is 0.897 bits per heavy atom. The maximum absolute atomic E-state index is 12.4. The van der Waals surface area contributed by atoms with Crippen LogP contribution in [0.3, 0.4) is 0 Å². The summed E-state index contributed by atoms with van der Waals surface area (Å²) >= 11 is 0. The average molecular weight is 416 g/mol. The maximum atomic E-state index is 12.4. The molecule has 0 fully saturated rings. The van der Waals surface area contributed by atoms with E-state index in [0.29, 0.717) is 13.0 Å². The van der Waals surface area contributed by atoms with Gasteiger partial charge in [-0.1, -0.05) is 13.8 Å². The molecule has 0 saturated heterocycles. The summed E-state index contributed by atoms with van der Waals surface area (Å²) in [6.45, 7) is 14.6. The summed E-state index contributed by atoms with van der Waals surface area (Å²) in [6.07, 6.45) is 4.15. The molecule has 0 aliphatic carbocycles. The second-order valence-electron chi connectivity index (χ2n) is 8.82. The van der Waals surface area contributed by atoms with E-state index in [4.69, 9.17) is 10.5 Å². The van der Waals surface area contributed by atoms with E-state index in [9.17, 15) is 9.59 Å². The molecule has 0 spiro atoms. The van der Waals surface area contributed by atoms with E-state index in [-0.39, 0.29) is 11.8 Å². The molecule has 1 atom stereocenters. The van der Waals surface area contributed by atoms with E-state index in [1.165, 1.54) is 0 Å². The monoisotopic (exact) mass is 415 g/mol. The highest BCUT2D eigenvalue weighted by Gasteiger charge is 2.24. The molecule has 0 aromatic carbocycles. The van der Waals surface area contributed by atoms with Crippen molar-refractivity contribution in [1.82, 2.24) is 21.3 Å². The topological polar surface area (TPSA) is 118 Å². The van der Waals surface area contributed by atoms with Crippen molar-refractivity contribution < 1.29 is 14.3 Å². The van der Waals surface area contributed by atoms with Crippen molar-refractivity contribution in [1.29, 1.82) is 0 Å². The molecule has 0 unspecified atom stereocenters. The number of nitrogens with one attached hydrogen (secondary N) is 4. The predicted molar refractivity (Wildman–Crippen MR) is 119 cm³/mol. The molecule has 8 nitrogen and oxygen atoms in total. The van der Waals surface area contributed by atoms with Crippen LogP contribution in [0.4, 0.5) is 4.79 Å². The number of ether oxygens (including phenoxy) is 1. The first-order chi connectivity index (χ1) is 13.7. The van der Waals surface area contributed by atoms with Gasteiger partial charge in [-0.2, -0.15) is 0 Å². The molecule has 29 heavy (non-hydrogen) atoms. The Bertz CT molecular complexity index is 439. The predicted octanol–water partition coefficient (Wildman–Crippen LogP) is 1.74. The molecule has 0 aliphatic rings. The molecule has 0 aliphatic heterocycles. The first kappa shape index (κ1) is 27.6. The largest absolute Gasteiger partial charge is 0.444 e. The third-order valence-corrected chi connectivity index (χ3v) is 4.06. The van der Waals surface area contributed by atoms with Gasteiger partial charge in [0.2, 0.25) is 5.91 Å². The van der Waals surface area contributed by atoms with Crippen LogP contribution in [0.25, 0.3) is 0 Å². The molecule has 6 N–H and O–H groups in total. The minimum atomic E-state index is -0.588. The Balaban J connectivity index is 3.92. The van der Waals surface area contributed by atoms with Gasteiger partial charge < -0.3 is 31.7 Å². The van der Waals surface area contributed by atoms with E-state index < -0.39 is 17.7 Å². The van der Waals surface area contributed by atoms with Crippen molar-refractivity contribution in [2.24, 2.45) is 11.7 Å². The summed E-state index contributed by atoms with van der Waals surface area (Å²) in [5.41, 5.74) is 4.86. The highest BCUT2D eigenvalue weighted by molar-refractivity contribution is 5.85. The normalized spacial score (nSPS) is 12.7. The summed E-state index contributed by atoms with van der Waals surface area (Å²) in [5, 5.41) is 12.4. The Morgan fingerprint density at radius 2 is 1.45 bits per heavy atom. The van der Waals surface area contributed by atoms with Crippen LogP contribution in [-0.4, -0.2) is 62.9 Å². The van der Waals surface area contributed by atoms with Crippen molar-refractivity contribution in [3.63, 3.8) is 0 Å². The van der Waals surface area contributed by atoms with Gasteiger partial charge in [0.1, 0.15) is 11.6 Å². The van der Waals surface area contributed by atoms with E-state index >= 15 is 0 Å². The molecule has 0 bridgehead atoms. The van der Waals surface area contributed by atoms with Crippen molar-refractivity contribution in [2.75, 3.05) is 39.3 Å². The number of carbonyl (C=O) groups excluding carboxylic acids is 2. The molecular formula is C21H45N5O3. The lowest BCUT2D eigenvalue weighted by Crippen LogP contribution is -2.49. The Labute approximate surface area is 177 Å². The van der Waals surface area contributed by atoms with Gasteiger partial charge in [0.05, 0.1) is 0 Å². The van der Waals surface area contributed by atoms with Gasteiger partial charge >= 0.3 is 6.09 Å². The third-order valence-electron chi connectivity index (χ3n) is 4.06. The first-order valence-corrected chi connectivity index (χ1v) is 11.0. The molecule has 0 aromatic rings. The SMILES string of the molecule is CC(C)C[C@H](NC(=O)OC(C)(C)C)C(=O)NCCCNCCCCNCCCN. The molecular weight excluding hydrogens is 370 g/mol. The quantitative estimate of drug-likeness (QED) is 0.245. The second-order valence-corrected chi connectivity index (χ2v) is 8.82. The zero-order valence-corrected chi connectivity index (χ0v) is 19.2. The number of hydrogen-bond acceptors (Lipinski definition) is 6. The van der Waals surface area contributed by atoms with Crippen molar-refractivity contribution in [2.45, 2.75) is 78.4 Å². The lowest BCUT2D eigenvalue weighted by Gasteiger charge is -2.24. The van der Waals surface area contributed by atoms with Crippen LogP contribution in [0, 0.1) is 5.92 Å². The van der Waals surface area contributed by atoms with E-state index in [2.05, 4.69) is 21.3 Å². The van der Waals surface area contributed by atoms with Crippen molar-refractivity contribution in [3.8, 4) is 0 Å². The van der Waals surface area contributed by atoms with E-state index in [1.807, 2.05) is 13.8 Å². The standard InChI is InChI=1S/C21H45N5O3/c1-17(2)16-18(26-20(28)29-21(3,4)5)19(27)25-15-9-14-24-12-7-6-11-23-13-8-10-22/h17-18,23-24H,6-16,22H2,1-5H3,(H,25,27)(H,26,28)/t18-/m0/s1. The Kier molecular flexibility index (Phi) is 15.6. The fraction of sp³-hybridized carbons (Fsp3) is 0.905. The Morgan fingerprint density at radius 3 is 1.97 bits per heavy atom. The molecule has 172 valence electrons. The van der Waals surface area contributed by atoms with Gasteiger partial charge in [-0.05, 0) is 91.5 Å². The summed E-state index contributed by atoms with van der Waals surface area (Å²) in [4.78, 5) is 24.4. The maximum Gasteiger partial charge on any atom is 0.408 e. The lowest BCUT2D eigenvalue weighted by atomic mass is 10.0. The minimum absolute atomic E-state index is 0.159. The van der Waals surface area contributed by atoms with Crippen LogP contribution in [0.1, 0.15) is 66.7 Å². The van der Waals surface area contributed by atoms with Crippen molar-refractivity contribution >= 4 is 12.0 Å². The van der Waals surface area contributed by atoms with Crippen LogP contribution in [-0.2, 0) is 9.53 Å². The molecule has 8 heteroatoms. The third kappa shape index (κ3) is 18.4.